The predicted molar refractivity (Wildman–Crippen MR) is 62.0 cm³/mol. The normalized spacial score (nSPS) is 19.9. The number of aliphatic hydroxyl groups is 1. The van der Waals surface area contributed by atoms with Crippen molar-refractivity contribution in [2.24, 2.45) is 5.92 Å². The highest BCUT2D eigenvalue weighted by atomic mass is 79.9. The molecule has 0 bridgehead atoms. The molecule has 0 aliphatic heterocycles. The Bertz CT molecular complexity index is 307. The largest absolute Gasteiger partial charge is 0.388 e. The maximum absolute atomic E-state index is 9.99. The summed E-state index contributed by atoms with van der Waals surface area (Å²) in [6.45, 7) is 0. The quantitative estimate of drug-likeness (QED) is 0.867. The van der Waals surface area contributed by atoms with Gasteiger partial charge in [0.15, 0.2) is 0 Å². The van der Waals surface area contributed by atoms with Crippen molar-refractivity contribution in [3.63, 3.8) is 0 Å². The first-order valence-electron chi connectivity index (χ1n) is 4.31. The molecule has 1 aromatic rings. The molecule has 13 heavy (non-hydrogen) atoms. The van der Waals surface area contributed by atoms with E-state index in [1.54, 1.807) is 11.3 Å². The zero-order valence-electron chi connectivity index (χ0n) is 6.96. The smallest absolute Gasteiger partial charge is 0.0837 e. The van der Waals surface area contributed by atoms with Crippen LogP contribution in [-0.4, -0.2) is 5.11 Å². The average Bonchev–Trinajstić information content (AvgIpc) is 2.26. The van der Waals surface area contributed by atoms with Crippen molar-refractivity contribution in [3.05, 3.63) is 19.2 Å². The first kappa shape index (κ1) is 10.1. The fourth-order valence-corrected chi connectivity index (χ4v) is 4.47. The van der Waals surface area contributed by atoms with Gasteiger partial charge in [0.05, 0.1) is 13.7 Å². The van der Waals surface area contributed by atoms with Gasteiger partial charge < -0.3 is 5.11 Å². The molecule has 1 saturated carbocycles. The Morgan fingerprint density at radius 2 is 2.15 bits per heavy atom. The molecule has 0 radical (unpaired) electrons. The Balaban J connectivity index is 2.18. The number of hydrogen-bond donors (Lipinski definition) is 1. The monoisotopic (exact) mass is 324 g/mol. The van der Waals surface area contributed by atoms with E-state index < -0.39 is 0 Å². The van der Waals surface area contributed by atoms with Gasteiger partial charge in [0.1, 0.15) is 0 Å². The number of hydrogen-bond acceptors (Lipinski definition) is 2. The molecule has 1 aliphatic carbocycles. The lowest BCUT2D eigenvalue weighted by atomic mass is 9.79. The molecule has 4 heteroatoms. The average molecular weight is 326 g/mol. The molecule has 1 aromatic heterocycles. The molecule has 72 valence electrons. The second-order valence-electron chi connectivity index (χ2n) is 3.42. The van der Waals surface area contributed by atoms with Crippen molar-refractivity contribution in [3.8, 4) is 0 Å². The molecule has 2 rings (SSSR count). The highest BCUT2D eigenvalue weighted by molar-refractivity contribution is 9.12. The molecular weight excluding hydrogens is 316 g/mol. The van der Waals surface area contributed by atoms with Crippen molar-refractivity contribution in [1.29, 1.82) is 0 Å². The highest BCUT2D eigenvalue weighted by Gasteiger charge is 2.28. The highest BCUT2D eigenvalue weighted by Crippen LogP contribution is 2.43. The third kappa shape index (κ3) is 2.01. The van der Waals surface area contributed by atoms with Crippen LogP contribution < -0.4 is 0 Å². The molecule has 0 amide bonds. The first-order valence-corrected chi connectivity index (χ1v) is 6.71. The van der Waals surface area contributed by atoms with E-state index in [1.165, 1.54) is 19.3 Å². The summed E-state index contributed by atoms with van der Waals surface area (Å²) in [4.78, 5) is 0. The lowest BCUT2D eigenvalue weighted by Gasteiger charge is -2.30. The second-order valence-corrected chi connectivity index (χ2v) is 7.16. The van der Waals surface area contributed by atoms with Crippen LogP contribution in [0.4, 0.5) is 0 Å². The Morgan fingerprint density at radius 1 is 1.46 bits per heavy atom. The maximum Gasteiger partial charge on any atom is 0.0837 e. The van der Waals surface area contributed by atoms with Crippen LogP contribution in [0.25, 0.3) is 0 Å². The molecular formula is C9H10Br2OS. The fraction of sp³-hybridized carbons (Fsp3) is 0.556. The minimum absolute atomic E-state index is 0.273. The number of aliphatic hydroxyl groups excluding tert-OH is 1. The van der Waals surface area contributed by atoms with E-state index in [0.717, 1.165) is 13.1 Å². The van der Waals surface area contributed by atoms with Gasteiger partial charge >= 0.3 is 0 Å². The summed E-state index contributed by atoms with van der Waals surface area (Å²) >= 11 is 8.51. The van der Waals surface area contributed by atoms with Crippen LogP contribution >= 0.6 is 43.2 Å². The van der Waals surface area contributed by atoms with Gasteiger partial charge in [-0.05, 0) is 56.7 Å². The zero-order valence-corrected chi connectivity index (χ0v) is 11.0. The van der Waals surface area contributed by atoms with Crippen molar-refractivity contribution in [2.75, 3.05) is 0 Å². The molecule has 1 N–H and O–H groups in total. The minimum Gasteiger partial charge on any atom is -0.388 e. The van der Waals surface area contributed by atoms with Gasteiger partial charge in [0, 0.05) is 5.56 Å². The predicted octanol–water partition coefficient (Wildman–Crippen LogP) is 4.11. The summed E-state index contributed by atoms with van der Waals surface area (Å²) < 4.78 is 2.13. The van der Waals surface area contributed by atoms with E-state index in [1.807, 2.05) is 6.07 Å². The van der Waals surface area contributed by atoms with E-state index >= 15 is 0 Å². The third-order valence-corrected chi connectivity index (χ3v) is 4.98. The Kier molecular flexibility index (Phi) is 3.13. The van der Waals surface area contributed by atoms with E-state index in [9.17, 15) is 5.11 Å². The lowest BCUT2D eigenvalue weighted by Crippen LogP contribution is -2.19. The van der Waals surface area contributed by atoms with Crippen LogP contribution in [0.5, 0.6) is 0 Å². The molecule has 1 aliphatic rings. The first-order chi connectivity index (χ1) is 6.18. The summed E-state index contributed by atoms with van der Waals surface area (Å²) in [6, 6.07) is 2.01. The number of thiophene rings is 1. The number of rotatable bonds is 2. The molecule has 0 spiro atoms. The van der Waals surface area contributed by atoms with E-state index in [0.29, 0.717) is 5.92 Å². The minimum atomic E-state index is -0.273. The van der Waals surface area contributed by atoms with Crippen molar-refractivity contribution >= 4 is 43.2 Å². The fourth-order valence-electron chi connectivity index (χ4n) is 1.56. The molecule has 0 aromatic carbocycles. The lowest BCUT2D eigenvalue weighted by molar-refractivity contribution is 0.0619. The Morgan fingerprint density at radius 3 is 2.54 bits per heavy atom. The van der Waals surface area contributed by atoms with E-state index in [-0.39, 0.29) is 6.10 Å². The topological polar surface area (TPSA) is 20.2 Å². The standard InChI is InChI=1S/C9H10Br2OS/c10-7-4-6(9(11)13-7)8(12)5-2-1-3-5/h4-5,8,12H,1-3H2. The molecule has 1 heterocycles. The van der Waals surface area contributed by atoms with Crippen LogP contribution in [0.15, 0.2) is 13.6 Å². The van der Waals surface area contributed by atoms with Crippen LogP contribution in [0.3, 0.4) is 0 Å². The summed E-state index contributed by atoms with van der Waals surface area (Å²) in [7, 11) is 0. The van der Waals surface area contributed by atoms with Crippen molar-refractivity contribution in [2.45, 2.75) is 25.4 Å². The van der Waals surface area contributed by atoms with Gasteiger partial charge in [-0.3, -0.25) is 0 Å². The summed E-state index contributed by atoms with van der Waals surface area (Å²) in [5.74, 6) is 0.484. The van der Waals surface area contributed by atoms with Gasteiger partial charge in [-0.25, -0.2) is 0 Å². The van der Waals surface area contributed by atoms with E-state index in [2.05, 4.69) is 31.9 Å². The molecule has 0 saturated heterocycles. The van der Waals surface area contributed by atoms with Crippen molar-refractivity contribution in [1.82, 2.24) is 0 Å². The van der Waals surface area contributed by atoms with Gasteiger partial charge in [0.25, 0.3) is 0 Å². The Hall–Kier alpha value is 0.620. The van der Waals surface area contributed by atoms with Gasteiger partial charge in [-0.1, -0.05) is 6.42 Å². The summed E-state index contributed by atoms with van der Waals surface area (Å²) in [5.41, 5.74) is 1.04. The molecule has 1 fully saturated rings. The van der Waals surface area contributed by atoms with Crippen LogP contribution in [0.1, 0.15) is 30.9 Å². The van der Waals surface area contributed by atoms with Gasteiger partial charge in [-0.2, -0.15) is 0 Å². The summed E-state index contributed by atoms with van der Waals surface area (Å²) in [5, 5.41) is 9.99. The summed E-state index contributed by atoms with van der Waals surface area (Å²) in [6.07, 6.45) is 3.33. The van der Waals surface area contributed by atoms with Crippen LogP contribution in [0, 0.1) is 5.92 Å². The van der Waals surface area contributed by atoms with Gasteiger partial charge in [0.2, 0.25) is 0 Å². The zero-order chi connectivity index (χ0) is 9.42. The third-order valence-electron chi connectivity index (χ3n) is 2.60. The number of halogens is 2. The molecule has 1 atom stereocenters. The maximum atomic E-state index is 9.99. The Labute approximate surface area is 98.4 Å². The van der Waals surface area contributed by atoms with Gasteiger partial charge in [-0.15, -0.1) is 11.3 Å². The van der Waals surface area contributed by atoms with Crippen LogP contribution in [-0.2, 0) is 0 Å². The van der Waals surface area contributed by atoms with Crippen LogP contribution in [0.2, 0.25) is 0 Å². The second kappa shape index (κ2) is 4.01. The van der Waals surface area contributed by atoms with Crippen molar-refractivity contribution < 1.29 is 5.11 Å². The van der Waals surface area contributed by atoms with E-state index in [4.69, 9.17) is 0 Å². The molecule has 1 unspecified atom stereocenters. The SMILES string of the molecule is OC(c1cc(Br)sc1Br)C1CCC1. The molecule has 1 nitrogen and oxygen atoms in total.